The summed E-state index contributed by atoms with van der Waals surface area (Å²) in [6.07, 6.45) is 6.04. The van der Waals surface area contributed by atoms with Gasteiger partial charge in [-0.15, -0.1) is 0 Å². The molecule has 20 heavy (non-hydrogen) atoms. The predicted molar refractivity (Wildman–Crippen MR) is 77.5 cm³/mol. The molecule has 1 aromatic rings. The van der Waals surface area contributed by atoms with Crippen molar-refractivity contribution in [2.75, 3.05) is 13.7 Å². The van der Waals surface area contributed by atoms with Crippen molar-refractivity contribution in [3.8, 4) is 5.75 Å². The first-order valence-corrected chi connectivity index (χ1v) is 7.48. The molecule has 1 amide bonds. The third-order valence-corrected chi connectivity index (χ3v) is 4.39. The van der Waals surface area contributed by atoms with Crippen molar-refractivity contribution in [1.29, 1.82) is 0 Å². The lowest BCUT2D eigenvalue weighted by atomic mass is 9.93. The van der Waals surface area contributed by atoms with Crippen molar-refractivity contribution >= 4 is 5.91 Å². The first-order chi connectivity index (χ1) is 9.79. The van der Waals surface area contributed by atoms with Crippen molar-refractivity contribution in [3.05, 3.63) is 29.8 Å². The van der Waals surface area contributed by atoms with E-state index in [1.165, 1.54) is 19.3 Å². The SMILES string of the molecule is COc1cccc(C2NCC(=O)N2C2CCCCC2)c1. The van der Waals surface area contributed by atoms with Crippen LogP contribution in [0.4, 0.5) is 0 Å². The van der Waals surface area contributed by atoms with Gasteiger partial charge < -0.3 is 9.64 Å². The molecule has 108 valence electrons. The van der Waals surface area contributed by atoms with Gasteiger partial charge in [0.2, 0.25) is 5.91 Å². The zero-order valence-corrected chi connectivity index (χ0v) is 12.0. The van der Waals surface area contributed by atoms with E-state index in [0.29, 0.717) is 12.6 Å². The van der Waals surface area contributed by atoms with Gasteiger partial charge >= 0.3 is 0 Å². The highest BCUT2D eigenvalue weighted by molar-refractivity contribution is 5.81. The van der Waals surface area contributed by atoms with E-state index in [1.807, 2.05) is 18.2 Å². The Labute approximate surface area is 120 Å². The van der Waals surface area contributed by atoms with Crippen LogP contribution in [0.5, 0.6) is 5.75 Å². The van der Waals surface area contributed by atoms with Crippen LogP contribution in [-0.2, 0) is 4.79 Å². The van der Waals surface area contributed by atoms with E-state index < -0.39 is 0 Å². The Kier molecular flexibility index (Phi) is 3.92. The van der Waals surface area contributed by atoms with Gasteiger partial charge in [0.15, 0.2) is 0 Å². The second-order valence-corrected chi connectivity index (χ2v) is 5.65. The standard InChI is InChI=1S/C16H22N2O2/c1-20-14-9-5-6-12(10-14)16-17-11-15(19)18(16)13-7-3-2-4-8-13/h5-6,9-10,13,16-17H,2-4,7-8,11H2,1H3. The second-order valence-electron chi connectivity index (χ2n) is 5.65. The van der Waals surface area contributed by atoms with Crippen LogP contribution >= 0.6 is 0 Å². The van der Waals surface area contributed by atoms with Gasteiger partial charge in [-0.1, -0.05) is 31.4 Å². The fourth-order valence-corrected chi connectivity index (χ4v) is 3.38. The molecule has 1 saturated heterocycles. The average Bonchev–Trinajstić information content (AvgIpc) is 2.90. The molecule has 1 N–H and O–H groups in total. The number of hydrogen-bond acceptors (Lipinski definition) is 3. The van der Waals surface area contributed by atoms with Gasteiger partial charge in [0.1, 0.15) is 11.9 Å². The molecule has 1 aromatic carbocycles. The largest absolute Gasteiger partial charge is 0.497 e. The Bertz CT molecular complexity index is 483. The molecule has 2 aliphatic rings. The minimum absolute atomic E-state index is 0.000648. The van der Waals surface area contributed by atoms with E-state index in [4.69, 9.17) is 4.74 Å². The fourth-order valence-electron chi connectivity index (χ4n) is 3.38. The summed E-state index contributed by atoms with van der Waals surface area (Å²) >= 11 is 0. The summed E-state index contributed by atoms with van der Waals surface area (Å²) in [6.45, 7) is 0.443. The molecular weight excluding hydrogens is 252 g/mol. The Hall–Kier alpha value is -1.55. The Morgan fingerprint density at radius 3 is 2.80 bits per heavy atom. The van der Waals surface area contributed by atoms with Crippen LogP contribution in [0.2, 0.25) is 0 Å². The number of carbonyl (C=O) groups excluding carboxylic acids is 1. The molecule has 1 atom stereocenters. The maximum atomic E-state index is 12.2. The fraction of sp³-hybridized carbons (Fsp3) is 0.562. The van der Waals surface area contributed by atoms with Crippen LogP contribution in [0.3, 0.4) is 0 Å². The lowest BCUT2D eigenvalue weighted by molar-refractivity contribution is -0.131. The third-order valence-electron chi connectivity index (χ3n) is 4.39. The molecule has 0 spiro atoms. The average molecular weight is 274 g/mol. The highest BCUT2D eigenvalue weighted by atomic mass is 16.5. The van der Waals surface area contributed by atoms with E-state index in [0.717, 1.165) is 24.2 Å². The molecular formula is C16H22N2O2. The number of methoxy groups -OCH3 is 1. The molecule has 4 nitrogen and oxygen atoms in total. The maximum absolute atomic E-state index is 12.2. The van der Waals surface area contributed by atoms with Crippen LogP contribution in [-0.4, -0.2) is 30.5 Å². The van der Waals surface area contributed by atoms with Gasteiger partial charge in [-0.2, -0.15) is 0 Å². The number of carbonyl (C=O) groups is 1. The molecule has 1 saturated carbocycles. The highest BCUT2D eigenvalue weighted by Crippen LogP contribution is 2.32. The predicted octanol–water partition coefficient (Wildman–Crippen LogP) is 2.46. The van der Waals surface area contributed by atoms with Crippen LogP contribution in [0.25, 0.3) is 0 Å². The van der Waals surface area contributed by atoms with Crippen molar-refractivity contribution in [3.63, 3.8) is 0 Å². The minimum atomic E-state index is 0.000648. The number of rotatable bonds is 3. The Morgan fingerprint density at radius 1 is 1.25 bits per heavy atom. The quantitative estimate of drug-likeness (QED) is 0.920. The normalized spacial score (nSPS) is 24.1. The zero-order chi connectivity index (χ0) is 13.9. The molecule has 0 radical (unpaired) electrons. The molecule has 1 aliphatic heterocycles. The smallest absolute Gasteiger partial charge is 0.238 e. The van der Waals surface area contributed by atoms with E-state index in [-0.39, 0.29) is 12.1 Å². The van der Waals surface area contributed by atoms with Crippen molar-refractivity contribution in [2.45, 2.75) is 44.3 Å². The molecule has 1 unspecified atom stereocenters. The van der Waals surface area contributed by atoms with Crippen LogP contribution in [0.1, 0.15) is 43.8 Å². The summed E-state index contributed by atoms with van der Waals surface area (Å²) in [5, 5.41) is 3.34. The number of hydrogen-bond donors (Lipinski definition) is 1. The van der Waals surface area contributed by atoms with Gasteiger partial charge in [-0.3, -0.25) is 10.1 Å². The van der Waals surface area contributed by atoms with E-state index >= 15 is 0 Å². The summed E-state index contributed by atoms with van der Waals surface area (Å²) in [5.74, 6) is 1.07. The van der Waals surface area contributed by atoms with Crippen molar-refractivity contribution in [1.82, 2.24) is 10.2 Å². The van der Waals surface area contributed by atoms with Crippen LogP contribution in [0.15, 0.2) is 24.3 Å². The van der Waals surface area contributed by atoms with Gasteiger partial charge in [0.25, 0.3) is 0 Å². The first-order valence-electron chi connectivity index (χ1n) is 7.48. The molecule has 0 aromatic heterocycles. The van der Waals surface area contributed by atoms with E-state index in [1.54, 1.807) is 7.11 Å². The zero-order valence-electron chi connectivity index (χ0n) is 12.0. The number of ether oxygens (including phenoxy) is 1. The van der Waals surface area contributed by atoms with Gasteiger partial charge in [-0.05, 0) is 30.5 Å². The minimum Gasteiger partial charge on any atom is -0.497 e. The monoisotopic (exact) mass is 274 g/mol. The summed E-state index contributed by atoms with van der Waals surface area (Å²) in [5.41, 5.74) is 1.11. The lowest BCUT2D eigenvalue weighted by Gasteiger charge is -2.35. The molecule has 2 fully saturated rings. The summed E-state index contributed by atoms with van der Waals surface area (Å²) in [7, 11) is 1.67. The Balaban J connectivity index is 1.84. The molecule has 0 bridgehead atoms. The summed E-state index contributed by atoms with van der Waals surface area (Å²) in [4.78, 5) is 14.3. The topological polar surface area (TPSA) is 41.6 Å². The molecule has 4 heteroatoms. The molecule has 1 aliphatic carbocycles. The van der Waals surface area contributed by atoms with Crippen molar-refractivity contribution in [2.24, 2.45) is 0 Å². The number of nitrogens with one attached hydrogen (secondary N) is 1. The van der Waals surface area contributed by atoms with Gasteiger partial charge in [0, 0.05) is 6.04 Å². The third kappa shape index (κ3) is 2.52. The van der Waals surface area contributed by atoms with Crippen LogP contribution < -0.4 is 10.1 Å². The summed E-state index contributed by atoms with van der Waals surface area (Å²) < 4.78 is 5.29. The van der Waals surface area contributed by atoms with E-state index in [9.17, 15) is 4.79 Å². The van der Waals surface area contributed by atoms with Gasteiger partial charge in [0.05, 0.1) is 13.7 Å². The number of benzene rings is 1. The van der Waals surface area contributed by atoms with Gasteiger partial charge in [-0.25, -0.2) is 0 Å². The lowest BCUT2D eigenvalue weighted by Crippen LogP contribution is -2.40. The number of amides is 1. The highest BCUT2D eigenvalue weighted by Gasteiger charge is 2.37. The molecule has 3 rings (SSSR count). The van der Waals surface area contributed by atoms with E-state index in [2.05, 4.69) is 16.3 Å². The number of nitrogens with zero attached hydrogens (tertiary/aromatic N) is 1. The van der Waals surface area contributed by atoms with Crippen molar-refractivity contribution < 1.29 is 9.53 Å². The summed E-state index contributed by atoms with van der Waals surface area (Å²) in [6, 6.07) is 8.39. The Morgan fingerprint density at radius 2 is 2.05 bits per heavy atom. The molecule has 1 heterocycles. The second kappa shape index (κ2) is 5.83. The maximum Gasteiger partial charge on any atom is 0.238 e. The van der Waals surface area contributed by atoms with Crippen LogP contribution in [0, 0.1) is 0 Å². The first kappa shape index (κ1) is 13.4.